The molecule has 0 radical (unpaired) electrons. The number of aromatic nitrogens is 4. The number of nitrogens with zero attached hydrogens (tertiary/aromatic N) is 3. The highest BCUT2D eigenvalue weighted by Gasteiger charge is 2.20. The summed E-state index contributed by atoms with van der Waals surface area (Å²) in [5.74, 6) is 0.748. The lowest BCUT2D eigenvalue weighted by Crippen LogP contribution is -2.34. The molecule has 2 aromatic heterocycles. The van der Waals surface area contributed by atoms with Crippen molar-refractivity contribution in [2.24, 2.45) is 0 Å². The smallest absolute Gasteiger partial charge is 0.349 e. The number of rotatable bonds is 8. The summed E-state index contributed by atoms with van der Waals surface area (Å²) in [6, 6.07) is 13.8. The van der Waals surface area contributed by atoms with Gasteiger partial charge in [0.25, 0.3) is 12.0 Å². The van der Waals surface area contributed by atoms with Gasteiger partial charge < -0.3 is 9.47 Å². The molecule has 0 aliphatic heterocycles. The van der Waals surface area contributed by atoms with Crippen molar-refractivity contribution >= 4 is 35.0 Å². The molecule has 0 unspecified atom stereocenters. The quantitative estimate of drug-likeness (QED) is 0.282. The lowest BCUT2D eigenvalue weighted by Gasteiger charge is -2.14. The van der Waals surface area contributed by atoms with E-state index in [1.165, 1.54) is 30.1 Å². The van der Waals surface area contributed by atoms with Crippen LogP contribution in [-0.4, -0.2) is 26.0 Å². The third-order valence-electron chi connectivity index (χ3n) is 4.76. The number of H-pyrrole nitrogens is 1. The molecule has 0 saturated carbocycles. The zero-order valence-electron chi connectivity index (χ0n) is 18.4. The number of alkyl halides is 2. The van der Waals surface area contributed by atoms with Crippen LogP contribution in [0, 0.1) is 0 Å². The predicted molar refractivity (Wildman–Crippen MR) is 132 cm³/mol. The van der Waals surface area contributed by atoms with Crippen LogP contribution in [0.5, 0.6) is 17.4 Å². The Morgan fingerprint density at radius 3 is 2.44 bits per heavy atom. The van der Waals surface area contributed by atoms with Crippen molar-refractivity contribution in [2.45, 2.75) is 17.9 Å². The molecule has 2 heterocycles. The first-order valence-corrected chi connectivity index (χ1v) is 12.1. The van der Waals surface area contributed by atoms with Crippen LogP contribution in [0.25, 0.3) is 5.69 Å². The third-order valence-corrected chi connectivity index (χ3v) is 6.08. The fourth-order valence-corrected chi connectivity index (χ4v) is 4.15. The van der Waals surface area contributed by atoms with E-state index in [9.17, 15) is 18.4 Å². The highest BCUT2D eigenvalue weighted by molar-refractivity contribution is 7.98. The molecule has 0 saturated heterocycles. The molecular formula is C23H16Cl2F2N4O4S. The molecule has 4 rings (SSSR count). The summed E-state index contributed by atoms with van der Waals surface area (Å²) in [6.45, 7) is 0.362. The Hall–Kier alpha value is -3.41. The maximum absolute atomic E-state index is 13.1. The third kappa shape index (κ3) is 5.69. The van der Waals surface area contributed by atoms with Crippen molar-refractivity contribution in [3.05, 3.63) is 96.9 Å². The molecule has 0 aliphatic rings. The molecular weight excluding hydrogens is 537 g/mol. The molecule has 0 spiro atoms. The van der Waals surface area contributed by atoms with Crippen LogP contribution >= 0.6 is 35.0 Å². The zero-order valence-corrected chi connectivity index (χ0v) is 20.7. The van der Waals surface area contributed by atoms with Gasteiger partial charge in [-0.25, -0.2) is 18.6 Å². The van der Waals surface area contributed by atoms with E-state index in [0.29, 0.717) is 17.0 Å². The highest BCUT2D eigenvalue weighted by atomic mass is 35.5. The number of thioether (sulfide) groups is 1. The number of hydrogen-bond acceptors (Lipinski definition) is 7. The Bertz CT molecular complexity index is 1490. The van der Waals surface area contributed by atoms with Crippen molar-refractivity contribution in [3.63, 3.8) is 0 Å². The Balaban J connectivity index is 1.60. The van der Waals surface area contributed by atoms with Crippen molar-refractivity contribution in [1.29, 1.82) is 0 Å². The zero-order chi connectivity index (χ0) is 25.8. The molecule has 0 atom stereocenters. The molecule has 13 heteroatoms. The monoisotopic (exact) mass is 552 g/mol. The average Bonchev–Trinajstić information content (AvgIpc) is 2.85. The Morgan fingerprint density at radius 2 is 1.81 bits per heavy atom. The SMILES string of the molecule is CSc1cc(Oc2c(Cl)cc(-n3nc(C(F)F)c(=O)[nH]c3=O)cc2Cl)ncc1OCc1ccccc1. The van der Waals surface area contributed by atoms with Crippen LogP contribution in [0.1, 0.15) is 17.7 Å². The summed E-state index contributed by atoms with van der Waals surface area (Å²) in [4.78, 5) is 30.4. The van der Waals surface area contributed by atoms with Gasteiger partial charge in [-0.1, -0.05) is 53.5 Å². The number of pyridine rings is 1. The summed E-state index contributed by atoms with van der Waals surface area (Å²) < 4.78 is 38.3. The van der Waals surface area contributed by atoms with Gasteiger partial charge in [-0.2, -0.15) is 9.78 Å². The Morgan fingerprint density at radius 1 is 1.11 bits per heavy atom. The average molecular weight is 553 g/mol. The van der Waals surface area contributed by atoms with E-state index in [-0.39, 0.29) is 27.4 Å². The van der Waals surface area contributed by atoms with E-state index in [1.807, 2.05) is 36.6 Å². The lowest BCUT2D eigenvalue weighted by molar-refractivity contribution is 0.141. The van der Waals surface area contributed by atoms with Gasteiger partial charge in [0.15, 0.2) is 17.2 Å². The highest BCUT2D eigenvalue weighted by Crippen LogP contribution is 2.39. The first kappa shape index (κ1) is 25.7. The van der Waals surface area contributed by atoms with Gasteiger partial charge in [-0.15, -0.1) is 11.8 Å². The second-order valence-corrected chi connectivity index (χ2v) is 8.81. The van der Waals surface area contributed by atoms with Crippen LogP contribution < -0.4 is 20.7 Å². The van der Waals surface area contributed by atoms with Crippen molar-refractivity contribution in [3.8, 4) is 23.1 Å². The van der Waals surface area contributed by atoms with Gasteiger partial charge in [-0.05, 0) is 24.0 Å². The van der Waals surface area contributed by atoms with Crippen LogP contribution in [0.15, 0.2) is 69.2 Å². The van der Waals surface area contributed by atoms with Crippen LogP contribution in [0.4, 0.5) is 8.78 Å². The Labute approximate surface area is 216 Å². The fraction of sp³-hybridized carbons (Fsp3) is 0.130. The second-order valence-electron chi connectivity index (χ2n) is 7.15. The normalized spacial score (nSPS) is 11.1. The minimum absolute atomic E-state index is 0.0196. The van der Waals surface area contributed by atoms with E-state index in [4.69, 9.17) is 32.7 Å². The van der Waals surface area contributed by atoms with Crippen molar-refractivity contribution in [2.75, 3.05) is 6.26 Å². The van der Waals surface area contributed by atoms with Gasteiger partial charge in [-0.3, -0.25) is 9.78 Å². The second kappa shape index (κ2) is 11.1. The maximum Gasteiger partial charge on any atom is 0.349 e. The molecule has 0 fully saturated rings. The molecule has 186 valence electrons. The molecule has 1 N–H and O–H groups in total. The van der Waals surface area contributed by atoms with Crippen molar-refractivity contribution < 1.29 is 18.3 Å². The van der Waals surface area contributed by atoms with Crippen LogP contribution in [-0.2, 0) is 6.61 Å². The molecule has 2 aromatic carbocycles. The molecule has 36 heavy (non-hydrogen) atoms. The van der Waals surface area contributed by atoms with Gasteiger partial charge in [0.05, 0.1) is 26.8 Å². The molecule has 8 nitrogen and oxygen atoms in total. The molecule has 0 bridgehead atoms. The van der Waals surface area contributed by atoms with Gasteiger partial charge >= 0.3 is 5.69 Å². The number of nitrogens with one attached hydrogen (secondary N) is 1. The topological polar surface area (TPSA) is 99.1 Å². The number of halogens is 4. The van der Waals surface area contributed by atoms with E-state index in [1.54, 1.807) is 11.1 Å². The molecule has 0 aliphatic carbocycles. The number of aromatic amines is 1. The minimum atomic E-state index is -3.19. The first-order chi connectivity index (χ1) is 17.3. The molecule has 4 aromatic rings. The summed E-state index contributed by atoms with van der Waals surface area (Å²) in [6.07, 6.45) is 0.187. The number of hydrogen-bond donors (Lipinski definition) is 1. The van der Waals surface area contributed by atoms with E-state index >= 15 is 0 Å². The lowest BCUT2D eigenvalue weighted by atomic mass is 10.2. The van der Waals surface area contributed by atoms with E-state index < -0.39 is 23.4 Å². The fourth-order valence-electron chi connectivity index (χ4n) is 3.07. The summed E-state index contributed by atoms with van der Waals surface area (Å²) >= 11 is 14.0. The predicted octanol–water partition coefficient (Wildman–Crippen LogP) is 5.65. The summed E-state index contributed by atoms with van der Waals surface area (Å²) in [7, 11) is 0. The summed E-state index contributed by atoms with van der Waals surface area (Å²) in [5, 5.41) is 3.34. The first-order valence-electron chi connectivity index (χ1n) is 10.2. The van der Waals surface area contributed by atoms with Crippen LogP contribution in [0.3, 0.4) is 0 Å². The number of ether oxygens (including phenoxy) is 2. The van der Waals surface area contributed by atoms with Gasteiger partial charge in [0.1, 0.15) is 6.61 Å². The summed E-state index contributed by atoms with van der Waals surface area (Å²) in [5.41, 5.74) is -2.49. The van der Waals surface area contributed by atoms with Crippen molar-refractivity contribution in [1.82, 2.24) is 19.7 Å². The van der Waals surface area contributed by atoms with E-state index in [2.05, 4.69) is 10.1 Å². The van der Waals surface area contributed by atoms with Gasteiger partial charge in [0.2, 0.25) is 5.88 Å². The van der Waals surface area contributed by atoms with Gasteiger partial charge in [0, 0.05) is 6.07 Å². The largest absolute Gasteiger partial charge is 0.486 e. The maximum atomic E-state index is 13.1. The molecule has 0 amide bonds. The van der Waals surface area contributed by atoms with E-state index in [0.717, 1.165) is 10.5 Å². The van der Waals surface area contributed by atoms with Crippen LogP contribution in [0.2, 0.25) is 10.0 Å². The standard InChI is InChI=1S/C23H16Cl2F2N4O4S/c1-36-17-9-18(28-10-16(17)34-11-12-5-3-2-4-6-12)35-20-14(24)7-13(8-15(20)25)31-23(33)29-22(32)19(30-31)21(26)27/h2-10,21H,11H2,1H3,(H,29,32,33). The Kier molecular flexibility index (Phi) is 7.92. The number of benzene rings is 2. The minimum Gasteiger partial charge on any atom is -0.486 e.